The summed E-state index contributed by atoms with van der Waals surface area (Å²) < 4.78 is 52.3. The molecule has 0 saturated carbocycles. The van der Waals surface area contributed by atoms with Crippen LogP contribution in [0.3, 0.4) is 0 Å². The number of hydrogen-bond donors (Lipinski definition) is 2. The molecule has 112 valence electrons. The summed E-state index contributed by atoms with van der Waals surface area (Å²) in [6.07, 6.45) is 0. The van der Waals surface area contributed by atoms with Crippen LogP contribution in [-0.2, 0) is 10.0 Å². The van der Waals surface area contributed by atoms with Gasteiger partial charge in [-0.3, -0.25) is 9.52 Å². The summed E-state index contributed by atoms with van der Waals surface area (Å²) in [7, 11) is -4.15. The molecule has 3 N–H and O–H groups in total. The number of amides is 1. The average molecular weight is 332 g/mol. The summed E-state index contributed by atoms with van der Waals surface area (Å²) in [5, 5.41) is 0.0322. The smallest absolute Gasteiger partial charge is 0.262 e. The van der Waals surface area contributed by atoms with Gasteiger partial charge in [0.15, 0.2) is 11.6 Å². The van der Waals surface area contributed by atoms with E-state index in [2.05, 4.69) is 4.72 Å². The molecule has 9 heteroatoms. The second kappa shape index (κ2) is 5.41. The van der Waals surface area contributed by atoms with E-state index in [1.165, 1.54) is 6.07 Å². The zero-order valence-electron chi connectivity index (χ0n) is 10.7. The number of nitrogens with two attached hydrogens (primary N) is 1. The van der Waals surface area contributed by atoms with Crippen molar-refractivity contribution in [3.63, 3.8) is 0 Å². The Kier molecular flexibility index (Phi) is 3.97. The molecule has 0 radical (unpaired) electrons. The first-order chi connectivity index (χ1) is 9.70. The van der Waals surface area contributed by atoms with E-state index in [0.29, 0.717) is 17.0 Å². The van der Waals surface area contributed by atoms with Crippen LogP contribution in [0.5, 0.6) is 0 Å². The van der Waals surface area contributed by atoms with E-state index in [9.17, 15) is 22.0 Å². The molecule has 2 rings (SSSR count). The van der Waals surface area contributed by atoms with Gasteiger partial charge in [-0.05, 0) is 31.2 Å². The maximum absolute atomic E-state index is 13.1. The summed E-state index contributed by atoms with van der Waals surface area (Å²) in [6, 6.07) is 3.63. The lowest BCUT2D eigenvalue weighted by Crippen LogP contribution is -2.17. The molecule has 0 fully saturated rings. The summed E-state index contributed by atoms with van der Waals surface area (Å²) in [6.45, 7) is 1.67. The molecule has 0 atom stereocenters. The fraction of sp³-hybridized carbons (Fsp3) is 0.0833. The Morgan fingerprint density at radius 2 is 1.90 bits per heavy atom. The van der Waals surface area contributed by atoms with Gasteiger partial charge in [0, 0.05) is 4.88 Å². The van der Waals surface area contributed by atoms with Crippen molar-refractivity contribution in [1.82, 2.24) is 0 Å². The molecular formula is C12H10F2N2O3S2. The van der Waals surface area contributed by atoms with E-state index in [-0.39, 0.29) is 10.6 Å². The van der Waals surface area contributed by atoms with Gasteiger partial charge in [-0.1, -0.05) is 0 Å². The van der Waals surface area contributed by atoms with Crippen LogP contribution >= 0.6 is 11.3 Å². The van der Waals surface area contributed by atoms with E-state index >= 15 is 0 Å². The van der Waals surface area contributed by atoms with Crippen molar-refractivity contribution in [2.24, 2.45) is 5.73 Å². The summed E-state index contributed by atoms with van der Waals surface area (Å²) in [5.74, 6) is -3.23. The molecule has 1 aromatic heterocycles. The summed E-state index contributed by atoms with van der Waals surface area (Å²) in [4.78, 5) is 11.5. The monoisotopic (exact) mass is 332 g/mol. The Morgan fingerprint density at radius 3 is 2.48 bits per heavy atom. The SMILES string of the molecule is Cc1cc(C(N)=O)c(NS(=O)(=O)c2ccc(F)c(F)c2)s1. The number of carbonyl (C=O) groups is 1. The highest BCUT2D eigenvalue weighted by molar-refractivity contribution is 7.93. The Morgan fingerprint density at radius 1 is 1.24 bits per heavy atom. The first-order valence-corrected chi connectivity index (χ1v) is 7.89. The van der Waals surface area contributed by atoms with Crippen molar-refractivity contribution in [2.75, 3.05) is 4.72 Å². The number of carbonyl (C=O) groups excluding carboxylic acids is 1. The zero-order chi connectivity index (χ0) is 15.8. The molecule has 1 heterocycles. The fourth-order valence-electron chi connectivity index (χ4n) is 1.60. The second-order valence-corrected chi connectivity index (χ2v) is 7.08. The van der Waals surface area contributed by atoms with Crippen molar-refractivity contribution in [3.8, 4) is 0 Å². The van der Waals surface area contributed by atoms with E-state index in [1.54, 1.807) is 6.92 Å². The lowest BCUT2D eigenvalue weighted by atomic mass is 10.3. The van der Waals surface area contributed by atoms with E-state index in [4.69, 9.17) is 5.73 Å². The van der Waals surface area contributed by atoms with Crippen LogP contribution in [-0.4, -0.2) is 14.3 Å². The Bertz CT molecular complexity index is 816. The standard InChI is InChI=1S/C12H10F2N2O3S2/c1-6-4-8(11(15)17)12(20-6)16-21(18,19)7-2-3-9(13)10(14)5-7/h2-5,16H,1H3,(H2,15,17). The highest BCUT2D eigenvalue weighted by Gasteiger charge is 2.21. The van der Waals surface area contributed by atoms with Crippen LogP contribution in [0.1, 0.15) is 15.2 Å². The van der Waals surface area contributed by atoms with Crippen LogP contribution in [0.15, 0.2) is 29.2 Å². The van der Waals surface area contributed by atoms with Gasteiger partial charge < -0.3 is 5.73 Å². The molecule has 0 aliphatic rings. The highest BCUT2D eigenvalue weighted by atomic mass is 32.2. The third-order valence-electron chi connectivity index (χ3n) is 2.55. The minimum atomic E-state index is -4.15. The Hall–Kier alpha value is -2.00. The maximum Gasteiger partial charge on any atom is 0.262 e. The number of sulfonamides is 1. The van der Waals surface area contributed by atoms with E-state index < -0.39 is 32.5 Å². The molecular weight excluding hydrogens is 322 g/mol. The molecule has 0 aliphatic heterocycles. The molecule has 21 heavy (non-hydrogen) atoms. The predicted molar refractivity (Wildman–Crippen MR) is 74.7 cm³/mol. The van der Waals surface area contributed by atoms with Crippen LogP contribution in [0.4, 0.5) is 13.8 Å². The molecule has 2 aromatic rings. The number of primary amides is 1. The number of benzene rings is 1. The van der Waals surface area contributed by atoms with Gasteiger partial charge in [-0.25, -0.2) is 17.2 Å². The van der Waals surface area contributed by atoms with Crippen LogP contribution in [0, 0.1) is 18.6 Å². The van der Waals surface area contributed by atoms with E-state index in [1.807, 2.05) is 0 Å². The summed E-state index contributed by atoms with van der Waals surface area (Å²) in [5.41, 5.74) is 5.17. The molecule has 0 saturated heterocycles. The topological polar surface area (TPSA) is 89.3 Å². The van der Waals surface area contributed by atoms with Gasteiger partial charge in [0.1, 0.15) is 5.00 Å². The zero-order valence-corrected chi connectivity index (χ0v) is 12.3. The number of anilines is 1. The third-order valence-corrected chi connectivity index (χ3v) is 4.99. The molecule has 1 aromatic carbocycles. The van der Waals surface area contributed by atoms with Gasteiger partial charge in [0.25, 0.3) is 15.9 Å². The van der Waals surface area contributed by atoms with Gasteiger partial charge in [0.05, 0.1) is 10.5 Å². The van der Waals surface area contributed by atoms with Gasteiger partial charge >= 0.3 is 0 Å². The van der Waals surface area contributed by atoms with Gasteiger partial charge in [-0.15, -0.1) is 11.3 Å². The minimum absolute atomic E-state index is 0.0173. The molecule has 5 nitrogen and oxygen atoms in total. The van der Waals surface area contributed by atoms with Crippen LogP contribution < -0.4 is 10.5 Å². The fourth-order valence-corrected chi connectivity index (χ4v) is 3.84. The Labute approximate surface area is 123 Å². The van der Waals surface area contributed by atoms with Crippen molar-refractivity contribution < 1.29 is 22.0 Å². The maximum atomic E-state index is 13.1. The van der Waals surface area contributed by atoms with Crippen molar-refractivity contribution in [1.29, 1.82) is 0 Å². The molecule has 0 spiro atoms. The van der Waals surface area contributed by atoms with Crippen molar-refractivity contribution >= 4 is 32.3 Å². The van der Waals surface area contributed by atoms with Crippen molar-refractivity contribution in [2.45, 2.75) is 11.8 Å². The number of nitrogens with one attached hydrogen (secondary N) is 1. The number of hydrogen-bond acceptors (Lipinski definition) is 4. The third kappa shape index (κ3) is 3.19. The predicted octanol–water partition coefficient (Wildman–Crippen LogP) is 2.23. The van der Waals surface area contributed by atoms with Crippen LogP contribution in [0.25, 0.3) is 0 Å². The number of aryl methyl sites for hydroxylation is 1. The molecule has 1 amide bonds. The highest BCUT2D eigenvalue weighted by Crippen LogP contribution is 2.29. The molecule has 0 bridgehead atoms. The Balaban J connectivity index is 2.42. The lowest BCUT2D eigenvalue weighted by Gasteiger charge is -2.07. The van der Waals surface area contributed by atoms with Crippen LogP contribution in [0.2, 0.25) is 0 Å². The molecule has 0 aliphatic carbocycles. The number of thiophene rings is 1. The first kappa shape index (κ1) is 15.4. The number of rotatable bonds is 4. The molecule has 0 unspecified atom stereocenters. The van der Waals surface area contributed by atoms with Gasteiger partial charge in [0.2, 0.25) is 0 Å². The van der Waals surface area contributed by atoms with Crippen molar-refractivity contribution in [3.05, 3.63) is 46.3 Å². The summed E-state index contributed by atoms with van der Waals surface area (Å²) >= 11 is 1.01. The largest absolute Gasteiger partial charge is 0.366 e. The lowest BCUT2D eigenvalue weighted by molar-refractivity contribution is 0.100. The van der Waals surface area contributed by atoms with E-state index in [0.717, 1.165) is 17.4 Å². The first-order valence-electron chi connectivity index (χ1n) is 5.59. The minimum Gasteiger partial charge on any atom is -0.366 e. The second-order valence-electron chi connectivity index (χ2n) is 4.15. The van der Waals surface area contributed by atoms with Gasteiger partial charge in [-0.2, -0.15) is 0 Å². The number of halogens is 2. The normalized spacial score (nSPS) is 11.4. The average Bonchev–Trinajstić information content (AvgIpc) is 2.73. The quantitative estimate of drug-likeness (QED) is 0.900.